The molecule has 1 unspecified atom stereocenters. The summed E-state index contributed by atoms with van der Waals surface area (Å²) >= 11 is 0. The van der Waals surface area contributed by atoms with Crippen LogP contribution in [0.4, 0.5) is 0 Å². The van der Waals surface area contributed by atoms with Gasteiger partial charge in [0.05, 0.1) is 6.10 Å². The molecule has 28 heavy (non-hydrogen) atoms. The van der Waals surface area contributed by atoms with Gasteiger partial charge in [-0.1, -0.05) is 70.6 Å². The lowest BCUT2D eigenvalue weighted by Gasteiger charge is -2.13. The van der Waals surface area contributed by atoms with Crippen LogP contribution in [0.1, 0.15) is 97.0 Å². The van der Waals surface area contributed by atoms with E-state index in [-0.39, 0.29) is 30.9 Å². The summed E-state index contributed by atoms with van der Waals surface area (Å²) in [6, 6.07) is 7.62. The Morgan fingerprint density at radius 2 is 1.54 bits per heavy atom. The van der Waals surface area contributed by atoms with E-state index in [1.54, 1.807) is 0 Å². The maximum absolute atomic E-state index is 12.0. The van der Waals surface area contributed by atoms with Gasteiger partial charge in [0.25, 0.3) is 0 Å². The highest BCUT2D eigenvalue weighted by Crippen LogP contribution is 2.20. The molecule has 0 fully saturated rings. The highest BCUT2D eigenvalue weighted by Gasteiger charge is 2.12. The van der Waals surface area contributed by atoms with E-state index in [9.17, 15) is 9.59 Å². The fourth-order valence-corrected chi connectivity index (χ4v) is 3.18. The van der Waals surface area contributed by atoms with E-state index in [2.05, 4.69) is 13.8 Å². The first kappa shape index (κ1) is 24.2. The molecule has 0 bridgehead atoms. The van der Waals surface area contributed by atoms with Gasteiger partial charge in [0.2, 0.25) is 0 Å². The molecule has 0 aliphatic carbocycles. The van der Waals surface area contributed by atoms with Crippen molar-refractivity contribution in [3.05, 3.63) is 29.8 Å². The molecule has 0 saturated heterocycles. The second-order valence-corrected chi connectivity index (χ2v) is 7.54. The molecule has 0 aliphatic heterocycles. The van der Waals surface area contributed by atoms with E-state index in [0.29, 0.717) is 12.2 Å². The van der Waals surface area contributed by atoms with Crippen LogP contribution in [-0.4, -0.2) is 18.0 Å². The first-order valence-corrected chi connectivity index (χ1v) is 11.0. The molecule has 0 amide bonds. The smallest absolute Gasteiger partial charge is 0.311 e. The van der Waals surface area contributed by atoms with Crippen molar-refractivity contribution in [1.82, 2.24) is 0 Å². The summed E-state index contributed by atoms with van der Waals surface area (Å²) in [5.41, 5.74) is 1.04. The first-order chi connectivity index (χ1) is 13.6. The maximum atomic E-state index is 12.0. The van der Waals surface area contributed by atoms with Gasteiger partial charge in [0.15, 0.2) is 0 Å². The summed E-state index contributed by atoms with van der Waals surface area (Å²) in [6.07, 6.45) is 11.1. The van der Waals surface area contributed by atoms with Crippen molar-refractivity contribution in [3.8, 4) is 5.75 Å². The number of rotatable bonds is 15. The van der Waals surface area contributed by atoms with Crippen LogP contribution in [0.25, 0.3) is 0 Å². The Bertz CT molecular complexity index is 567. The Balaban J connectivity index is 2.17. The maximum Gasteiger partial charge on any atom is 0.311 e. The fraction of sp³-hybridized carbons (Fsp3) is 0.667. The Kier molecular flexibility index (Phi) is 13.1. The number of hydrogen-bond donors (Lipinski definition) is 0. The molecule has 0 saturated carbocycles. The topological polar surface area (TPSA) is 52.6 Å². The van der Waals surface area contributed by atoms with E-state index in [1.165, 1.54) is 32.1 Å². The van der Waals surface area contributed by atoms with Gasteiger partial charge in [-0.3, -0.25) is 9.59 Å². The monoisotopic (exact) mass is 390 g/mol. The number of hydrogen-bond acceptors (Lipinski definition) is 4. The van der Waals surface area contributed by atoms with Crippen LogP contribution >= 0.6 is 0 Å². The predicted molar refractivity (Wildman–Crippen MR) is 113 cm³/mol. The largest absolute Gasteiger partial charge is 0.463 e. The normalized spacial score (nSPS) is 11.8. The third-order valence-corrected chi connectivity index (χ3v) is 4.77. The van der Waals surface area contributed by atoms with Crippen molar-refractivity contribution in [2.75, 3.05) is 0 Å². The van der Waals surface area contributed by atoms with Crippen molar-refractivity contribution in [1.29, 1.82) is 0 Å². The number of carbonyl (C=O) groups is 2. The van der Waals surface area contributed by atoms with E-state index in [4.69, 9.17) is 9.47 Å². The summed E-state index contributed by atoms with van der Waals surface area (Å²) < 4.78 is 10.9. The number of para-hydroxylation sites is 1. The molecular weight excluding hydrogens is 352 g/mol. The molecule has 0 N–H and O–H groups in total. The number of esters is 2. The van der Waals surface area contributed by atoms with E-state index in [1.807, 2.05) is 31.2 Å². The van der Waals surface area contributed by atoms with Crippen LogP contribution in [0.5, 0.6) is 5.75 Å². The number of aryl methyl sites for hydroxylation is 1. The van der Waals surface area contributed by atoms with Gasteiger partial charge in [0, 0.05) is 12.8 Å². The van der Waals surface area contributed by atoms with Crippen molar-refractivity contribution < 1.29 is 19.1 Å². The zero-order valence-electron chi connectivity index (χ0n) is 18.0. The Hall–Kier alpha value is -1.84. The lowest BCUT2D eigenvalue weighted by Crippen LogP contribution is -2.15. The molecule has 158 valence electrons. The molecule has 0 aliphatic rings. The zero-order chi connectivity index (χ0) is 20.6. The molecule has 4 heteroatoms. The minimum absolute atomic E-state index is 0.0495. The summed E-state index contributed by atoms with van der Waals surface area (Å²) in [4.78, 5) is 24.0. The summed E-state index contributed by atoms with van der Waals surface area (Å²) in [7, 11) is 0. The quantitative estimate of drug-likeness (QED) is 0.198. The number of carbonyl (C=O) groups excluding carboxylic acids is 2. The van der Waals surface area contributed by atoms with Crippen molar-refractivity contribution in [3.63, 3.8) is 0 Å². The van der Waals surface area contributed by atoms with Gasteiger partial charge in [-0.2, -0.15) is 0 Å². The van der Waals surface area contributed by atoms with Crippen LogP contribution in [-0.2, 0) is 20.7 Å². The van der Waals surface area contributed by atoms with E-state index in [0.717, 1.165) is 31.2 Å². The third-order valence-electron chi connectivity index (χ3n) is 4.77. The van der Waals surface area contributed by atoms with Crippen LogP contribution in [0, 0.1) is 0 Å². The lowest BCUT2D eigenvalue weighted by molar-refractivity contribution is -0.148. The summed E-state index contributed by atoms with van der Waals surface area (Å²) in [5, 5.41) is 0. The second kappa shape index (κ2) is 15.1. The fourth-order valence-electron chi connectivity index (χ4n) is 3.18. The van der Waals surface area contributed by atoms with Gasteiger partial charge in [-0.15, -0.1) is 0 Å². The number of benzene rings is 1. The van der Waals surface area contributed by atoms with Crippen LogP contribution in [0.3, 0.4) is 0 Å². The Morgan fingerprint density at radius 3 is 2.29 bits per heavy atom. The number of unbranched alkanes of at least 4 members (excludes halogenated alkanes) is 5. The SMILES string of the molecule is CCCCCCCCC(C)OC(=O)CCCC(=O)Oc1ccccc1CCC. The molecule has 1 atom stereocenters. The molecule has 1 aromatic carbocycles. The standard InChI is InChI=1S/C24H38O4/c1-4-6-7-8-9-10-15-20(3)27-23(25)18-13-19-24(26)28-22-17-12-11-16-21(22)14-5-2/h11-12,16-17,20H,4-10,13-15,18-19H2,1-3H3. The molecule has 4 nitrogen and oxygen atoms in total. The zero-order valence-corrected chi connectivity index (χ0v) is 18.0. The molecule has 0 radical (unpaired) electrons. The predicted octanol–water partition coefficient (Wildman–Crippen LogP) is 6.40. The molecule has 1 aromatic rings. The van der Waals surface area contributed by atoms with Crippen LogP contribution < -0.4 is 4.74 Å². The summed E-state index contributed by atoms with van der Waals surface area (Å²) in [5.74, 6) is 0.110. The number of ether oxygens (including phenoxy) is 2. The molecule has 0 aromatic heterocycles. The van der Waals surface area contributed by atoms with Crippen molar-refractivity contribution in [2.45, 2.75) is 104 Å². The van der Waals surface area contributed by atoms with Gasteiger partial charge in [0.1, 0.15) is 5.75 Å². The highest BCUT2D eigenvalue weighted by atomic mass is 16.5. The van der Waals surface area contributed by atoms with Gasteiger partial charge in [-0.05, 0) is 44.2 Å². The highest BCUT2D eigenvalue weighted by molar-refractivity contribution is 5.74. The molecule has 0 spiro atoms. The molecular formula is C24H38O4. The van der Waals surface area contributed by atoms with E-state index >= 15 is 0 Å². The molecule has 1 rings (SSSR count). The third kappa shape index (κ3) is 11.1. The average molecular weight is 391 g/mol. The van der Waals surface area contributed by atoms with Crippen LogP contribution in [0.15, 0.2) is 24.3 Å². The van der Waals surface area contributed by atoms with Crippen LogP contribution in [0.2, 0.25) is 0 Å². The van der Waals surface area contributed by atoms with Gasteiger partial charge in [-0.25, -0.2) is 0 Å². The van der Waals surface area contributed by atoms with Gasteiger partial charge >= 0.3 is 11.9 Å². The lowest BCUT2D eigenvalue weighted by atomic mass is 10.1. The van der Waals surface area contributed by atoms with Crippen molar-refractivity contribution >= 4 is 11.9 Å². The summed E-state index contributed by atoms with van der Waals surface area (Å²) in [6.45, 7) is 6.26. The Morgan fingerprint density at radius 1 is 0.857 bits per heavy atom. The second-order valence-electron chi connectivity index (χ2n) is 7.54. The average Bonchev–Trinajstić information content (AvgIpc) is 2.66. The minimum atomic E-state index is -0.295. The van der Waals surface area contributed by atoms with Gasteiger partial charge < -0.3 is 9.47 Å². The molecule has 0 heterocycles. The van der Waals surface area contributed by atoms with Crippen molar-refractivity contribution in [2.24, 2.45) is 0 Å². The first-order valence-electron chi connectivity index (χ1n) is 11.0. The minimum Gasteiger partial charge on any atom is -0.463 e. The van der Waals surface area contributed by atoms with E-state index < -0.39 is 0 Å². The Labute approximate surface area is 171 Å².